The lowest BCUT2D eigenvalue weighted by Crippen LogP contribution is -2.42. The molecule has 0 saturated carbocycles. The predicted molar refractivity (Wildman–Crippen MR) is 140 cm³/mol. The van der Waals surface area contributed by atoms with E-state index in [0.717, 1.165) is 44.5 Å². The fourth-order valence-electron chi connectivity index (χ4n) is 4.98. The van der Waals surface area contributed by atoms with Crippen LogP contribution in [0.25, 0.3) is 22.3 Å². The average molecular weight is 478 g/mol. The van der Waals surface area contributed by atoms with Gasteiger partial charge >= 0.3 is 12.1 Å². The highest BCUT2D eigenvalue weighted by Gasteiger charge is 2.29. The summed E-state index contributed by atoms with van der Waals surface area (Å²) in [4.78, 5) is 24.6. The Labute approximate surface area is 210 Å². The van der Waals surface area contributed by atoms with Crippen LogP contribution in [-0.2, 0) is 16.0 Å². The third-order valence-electron chi connectivity index (χ3n) is 6.76. The maximum absolute atomic E-state index is 12.7. The number of benzene rings is 4. The Morgan fingerprint density at radius 2 is 1.44 bits per heavy atom. The summed E-state index contributed by atoms with van der Waals surface area (Å²) in [6.45, 7) is 2.18. The van der Waals surface area contributed by atoms with E-state index >= 15 is 0 Å². The maximum atomic E-state index is 12.7. The molecule has 5 heteroatoms. The number of hydrogen-bond donors (Lipinski definition) is 2. The fourth-order valence-corrected chi connectivity index (χ4v) is 4.98. The first-order valence-electron chi connectivity index (χ1n) is 12.0. The van der Waals surface area contributed by atoms with Crippen LogP contribution >= 0.6 is 0 Å². The lowest BCUT2D eigenvalue weighted by atomic mass is 9.97. The lowest BCUT2D eigenvalue weighted by Gasteiger charge is -2.18. The number of carbonyl (C=O) groups is 2. The molecule has 1 atom stereocenters. The number of carbonyl (C=O) groups excluding carboxylic acids is 1. The number of fused-ring (bicyclic) bond motifs is 3. The first kappa shape index (κ1) is 23.4. The summed E-state index contributed by atoms with van der Waals surface area (Å²) >= 11 is 0. The molecule has 0 heterocycles. The van der Waals surface area contributed by atoms with E-state index in [2.05, 4.69) is 17.4 Å². The van der Waals surface area contributed by atoms with Crippen LogP contribution in [-0.4, -0.2) is 29.8 Å². The molecule has 1 aliphatic carbocycles. The molecule has 4 aromatic carbocycles. The van der Waals surface area contributed by atoms with Crippen molar-refractivity contribution in [3.05, 3.63) is 119 Å². The van der Waals surface area contributed by atoms with E-state index in [1.807, 2.05) is 91.9 Å². The third-order valence-corrected chi connectivity index (χ3v) is 6.76. The number of ether oxygens (including phenoxy) is 1. The van der Waals surface area contributed by atoms with Gasteiger partial charge < -0.3 is 15.2 Å². The molecule has 0 bridgehead atoms. The van der Waals surface area contributed by atoms with Gasteiger partial charge in [0.1, 0.15) is 12.6 Å². The Bertz CT molecular complexity index is 1380. The smallest absolute Gasteiger partial charge is 0.407 e. The minimum atomic E-state index is -1.11. The third kappa shape index (κ3) is 4.73. The van der Waals surface area contributed by atoms with Gasteiger partial charge in [-0.3, -0.25) is 0 Å². The summed E-state index contributed by atoms with van der Waals surface area (Å²) in [7, 11) is 0. The summed E-state index contributed by atoms with van der Waals surface area (Å²) < 4.78 is 5.55. The molecule has 4 aromatic rings. The van der Waals surface area contributed by atoms with Crippen molar-refractivity contribution in [2.45, 2.75) is 25.3 Å². The number of aliphatic carboxylic acids is 1. The van der Waals surface area contributed by atoms with Crippen LogP contribution in [0.4, 0.5) is 4.79 Å². The van der Waals surface area contributed by atoms with E-state index in [-0.39, 0.29) is 18.9 Å². The van der Waals surface area contributed by atoms with Crippen molar-refractivity contribution in [1.29, 1.82) is 0 Å². The number of rotatable bonds is 7. The zero-order chi connectivity index (χ0) is 25.1. The number of nitrogens with one attached hydrogen (secondary N) is 1. The Hall–Kier alpha value is -4.38. The predicted octanol–water partition coefficient (Wildman–Crippen LogP) is 6.20. The first-order valence-corrected chi connectivity index (χ1v) is 12.0. The van der Waals surface area contributed by atoms with Crippen LogP contribution in [0.2, 0.25) is 0 Å². The molecule has 5 nitrogen and oxygen atoms in total. The van der Waals surface area contributed by atoms with Crippen molar-refractivity contribution in [2.24, 2.45) is 0 Å². The molecule has 36 heavy (non-hydrogen) atoms. The van der Waals surface area contributed by atoms with E-state index in [4.69, 9.17) is 4.74 Å². The van der Waals surface area contributed by atoms with E-state index in [1.54, 1.807) is 0 Å². The summed E-state index contributed by atoms with van der Waals surface area (Å²) in [5, 5.41) is 12.3. The second-order valence-electron chi connectivity index (χ2n) is 9.08. The van der Waals surface area contributed by atoms with Gasteiger partial charge in [-0.1, -0.05) is 97.1 Å². The Morgan fingerprint density at radius 3 is 2.08 bits per heavy atom. The normalized spacial score (nSPS) is 12.9. The van der Waals surface area contributed by atoms with Crippen LogP contribution in [0.5, 0.6) is 0 Å². The number of alkyl carbamates (subject to hydrolysis) is 1. The summed E-state index contributed by atoms with van der Waals surface area (Å²) in [5.74, 6) is -1.19. The van der Waals surface area contributed by atoms with Gasteiger partial charge in [0.2, 0.25) is 0 Å². The minimum Gasteiger partial charge on any atom is -0.480 e. The molecule has 1 aliphatic rings. The summed E-state index contributed by atoms with van der Waals surface area (Å²) in [6.07, 6.45) is -0.585. The largest absolute Gasteiger partial charge is 0.480 e. The van der Waals surface area contributed by atoms with Crippen LogP contribution < -0.4 is 5.32 Å². The first-order chi connectivity index (χ1) is 17.5. The Balaban J connectivity index is 1.27. The van der Waals surface area contributed by atoms with Gasteiger partial charge in [0.05, 0.1) is 0 Å². The van der Waals surface area contributed by atoms with Crippen LogP contribution in [0, 0.1) is 6.92 Å². The number of carboxylic acids is 1. The van der Waals surface area contributed by atoms with Crippen molar-refractivity contribution < 1.29 is 19.4 Å². The average Bonchev–Trinajstić information content (AvgIpc) is 3.21. The lowest BCUT2D eigenvalue weighted by molar-refractivity contribution is -0.139. The number of aryl methyl sites for hydroxylation is 1. The highest BCUT2D eigenvalue weighted by atomic mass is 16.5. The Morgan fingerprint density at radius 1 is 0.833 bits per heavy atom. The van der Waals surface area contributed by atoms with Gasteiger partial charge in [-0.2, -0.15) is 0 Å². The van der Waals surface area contributed by atoms with Gasteiger partial charge in [0.25, 0.3) is 0 Å². The molecule has 180 valence electrons. The Kier molecular flexibility index (Phi) is 6.54. The SMILES string of the molecule is Cc1ccccc1-c1cccc(C[C@H](NC(=O)OCC2c3ccccc3-c3ccccc32)C(=O)O)c1. The molecule has 0 spiro atoms. The minimum absolute atomic E-state index is 0.0859. The van der Waals surface area contributed by atoms with Crippen molar-refractivity contribution in [3.8, 4) is 22.3 Å². The second kappa shape index (κ2) is 10.1. The van der Waals surface area contributed by atoms with Crippen LogP contribution in [0.1, 0.15) is 28.2 Å². The van der Waals surface area contributed by atoms with Crippen molar-refractivity contribution in [3.63, 3.8) is 0 Å². The zero-order valence-corrected chi connectivity index (χ0v) is 20.0. The topological polar surface area (TPSA) is 75.6 Å². The number of carboxylic acid groups (broad SMARTS) is 1. The molecule has 0 radical (unpaired) electrons. The molecular formula is C31H27NO4. The molecule has 0 aromatic heterocycles. The van der Waals surface area contributed by atoms with Crippen LogP contribution in [0.15, 0.2) is 97.1 Å². The molecule has 1 amide bonds. The highest BCUT2D eigenvalue weighted by molar-refractivity contribution is 5.81. The van der Waals surface area contributed by atoms with Gasteiger partial charge in [-0.25, -0.2) is 9.59 Å². The number of amides is 1. The van der Waals surface area contributed by atoms with Gasteiger partial charge in [-0.05, 0) is 51.4 Å². The summed E-state index contributed by atoms with van der Waals surface area (Å²) in [5.41, 5.74) is 8.55. The van der Waals surface area contributed by atoms with E-state index in [9.17, 15) is 14.7 Å². The van der Waals surface area contributed by atoms with Crippen molar-refractivity contribution >= 4 is 12.1 Å². The van der Waals surface area contributed by atoms with Crippen molar-refractivity contribution in [2.75, 3.05) is 6.61 Å². The second-order valence-corrected chi connectivity index (χ2v) is 9.08. The quantitative estimate of drug-likeness (QED) is 0.332. The van der Waals surface area contributed by atoms with Gasteiger partial charge in [0, 0.05) is 12.3 Å². The molecule has 0 fully saturated rings. The maximum Gasteiger partial charge on any atom is 0.407 e. The van der Waals surface area contributed by atoms with E-state index in [1.165, 1.54) is 0 Å². The monoisotopic (exact) mass is 477 g/mol. The standard InChI is InChI=1S/C31H27NO4/c1-20-9-2-3-12-23(20)22-11-8-10-21(17-22)18-29(30(33)34)32-31(35)36-19-28-26-15-6-4-13-24(26)25-14-5-7-16-27(25)28/h2-17,28-29H,18-19H2,1H3,(H,32,35)(H,33,34)/t29-/m0/s1. The molecule has 5 rings (SSSR count). The highest BCUT2D eigenvalue weighted by Crippen LogP contribution is 2.44. The molecule has 2 N–H and O–H groups in total. The molecule has 0 unspecified atom stereocenters. The van der Waals surface area contributed by atoms with E-state index in [0.29, 0.717) is 0 Å². The van der Waals surface area contributed by atoms with Crippen LogP contribution in [0.3, 0.4) is 0 Å². The van der Waals surface area contributed by atoms with Gasteiger partial charge in [0.15, 0.2) is 0 Å². The number of hydrogen-bond acceptors (Lipinski definition) is 3. The molecule has 0 saturated heterocycles. The van der Waals surface area contributed by atoms with Crippen molar-refractivity contribution in [1.82, 2.24) is 5.32 Å². The fraction of sp³-hybridized carbons (Fsp3) is 0.161. The molecule has 0 aliphatic heterocycles. The summed E-state index contributed by atoms with van der Waals surface area (Å²) in [6, 6.07) is 30.9. The molecular weight excluding hydrogens is 450 g/mol. The zero-order valence-electron chi connectivity index (χ0n) is 20.0. The van der Waals surface area contributed by atoms with E-state index < -0.39 is 18.1 Å². The van der Waals surface area contributed by atoms with Gasteiger partial charge in [-0.15, -0.1) is 0 Å².